The van der Waals surface area contributed by atoms with Crippen LogP contribution in [0.2, 0.25) is 0 Å². The van der Waals surface area contributed by atoms with Gasteiger partial charge < -0.3 is 9.73 Å². The molecular formula is C15H19NO. The summed E-state index contributed by atoms with van der Waals surface area (Å²) in [7, 11) is 1.93. The minimum Gasteiger partial charge on any atom is -0.459 e. The maximum Gasteiger partial charge on any atom is 0.134 e. The summed E-state index contributed by atoms with van der Waals surface area (Å²) in [5, 5.41) is 3.18. The first-order valence-electron chi connectivity index (χ1n) is 5.96. The number of nitrogens with one attached hydrogen (secondary N) is 1. The van der Waals surface area contributed by atoms with Crippen LogP contribution in [0.5, 0.6) is 0 Å². The summed E-state index contributed by atoms with van der Waals surface area (Å²) < 4.78 is 5.87. The summed E-state index contributed by atoms with van der Waals surface area (Å²) in [6.07, 6.45) is 0. The fourth-order valence-electron chi connectivity index (χ4n) is 2.00. The standard InChI is InChI=1S/C15H19NO/c1-10-7-11(2)9-13(8-10)15-6-5-14(17-15)12(3)16-4/h5-9,12,16H,1-4H3. The van der Waals surface area contributed by atoms with Crippen LogP contribution in [0.1, 0.15) is 29.9 Å². The smallest absolute Gasteiger partial charge is 0.134 e. The minimum atomic E-state index is 0.245. The number of furan rings is 1. The molecule has 2 nitrogen and oxygen atoms in total. The Hall–Kier alpha value is -1.54. The van der Waals surface area contributed by atoms with Gasteiger partial charge in [-0.2, -0.15) is 0 Å². The third kappa shape index (κ3) is 2.59. The van der Waals surface area contributed by atoms with E-state index in [4.69, 9.17) is 4.42 Å². The van der Waals surface area contributed by atoms with E-state index < -0.39 is 0 Å². The molecule has 0 aliphatic heterocycles. The highest BCUT2D eigenvalue weighted by molar-refractivity contribution is 5.60. The highest BCUT2D eigenvalue weighted by Crippen LogP contribution is 2.26. The summed E-state index contributed by atoms with van der Waals surface area (Å²) >= 11 is 0. The SMILES string of the molecule is CNC(C)c1ccc(-c2cc(C)cc(C)c2)o1. The van der Waals surface area contributed by atoms with Gasteiger partial charge in [0, 0.05) is 5.56 Å². The quantitative estimate of drug-likeness (QED) is 0.865. The molecule has 0 spiro atoms. The molecule has 0 bridgehead atoms. The highest BCUT2D eigenvalue weighted by Gasteiger charge is 2.09. The molecule has 2 rings (SSSR count). The van der Waals surface area contributed by atoms with Crippen LogP contribution in [0.15, 0.2) is 34.7 Å². The average molecular weight is 229 g/mol. The molecule has 17 heavy (non-hydrogen) atoms. The highest BCUT2D eigenvalue weighted by atomic mass is 16.3. The van der Waals surface area contributed by atoms with Crippen molar-refractivity contribution in [1.29, 1.82) is 0 Å². The van der Waals surface area contributed by atoms with Gasteiger partial charge in [-0.1, -0.05) is 17.2 Å². The van der Waals surface area contributed by atoms with Gasteiger partial charge in [-0.25, -0.2) is 0 Å². The molecule has 2 heteroatoms. The molecule has 1 heterocycles. The summed E-state index contributed by atoms with van der Waals surface area (Å²) in [4.78, 5) is 0. The molecule has 0 aliphatic rings. The van der Waals surface area contributed by atoms with E-state index >= 15 is 0 Å². The van der Waals surface area contributed by atoms with Gasteiger partial charge in [-0.3, -0.25) is 0 Å². The Kier molecular flexibility index (Phi) is 3.34. The molecule has 2 aromatic rings. The Morgan fingerprint density at radius 1 is 1.06 bits per heavy atom. The molecule has 0 saturated heterocycles. The van der Waals surface area contributed by atoms with Gasteiger partial charge in [0.15, 0.2) is 0 Å². The van der Waals surface area contributed by atoms with E-state index in [-0.39, 0.29) is 6.04 Å². The maximum absolute atomic E-state index is 5.87. The summed E-state index contributed by atoms with van der Waals surface area (Å²) in [6, 6.07) is 10.8. The third-order valence-electron chi connectivity index (χ3n) is 2.99. The maximum atomic E-state index is 5.87. The zero-order valence-electron chi connectivity index (χ0n) is 10.9. The molecule has 0 radical (unpaired) electrons. The van der Waals surface area contributed by atoms with Crippen molar-refractivity contribution in [3.8, 4) is 11.3 Å². The number of rotatable bonds is 3. The van der Waals surface area contributed by atoms with Crippen molar-refractivity contribution in [3.63, 3.8) is 0 Å². The zero-order valence-corrected chi connectivity index (χ0v) is 10.9. The molecule has 0 saturated carbocycles. The van der Waals surface area contributed by atoms with Gasteiger partial charge in [0.2, 0.25) is 0 Å². The van der Waals surface area contributed by atoms with E-state index in [9.17, 15) is 0 Å². The lowest BCUT2D eigenvalue weighted by molar-refractivity contribution is 0.458. The molecular weight excluding hydrogens is 210 g/mol. The van der Waals surface area contributed by atoms with E-state index in [1.807, 2.05) is 19.2 Å². The first-order valence-corrected chi connectivity index (χ1v) is 5.96. The van der Waals surface area contributed by atoms with Crippen molar-refractivity contribution in [2.24, 2.45) is 0 Å². The predicted octanol–water partition coefficient (Wildman–Crippen LogP) is 3.84. The van der Waals surface area contributed by atoms with Gasteiger partial charge in [-0.05, 0) is 52.1 Å². The second-order valence-electron chi connectivity index (χ2n) is 4.59. The number of hydrogen-bond acceptors (Lipinski definition) is 2. The fourth-order valence-corrected chi connectivity index (χ4v) is 2.00. The summed E-state index contributed by atoms with van der Waals surface area (Å²) in [5.41, 5.74) is 3.68. The van der Waals surface area contributed by atoms with Crippen LogP contribution < -0.4 is 5.32 Å². The van der Waals surface area contributed by atoms with Crippen molar-refractivity contribution in [2.45, 2.75) is 26.8 Å². The lowest BCUT2D eigenvalue weighted by Gasteiger charge is -2.06. The van der Waals surface area contributed by atoms with Crippen molar-refractivity contribution in [2.75, 3.05) is 7.05 Å². The Morgan fingerprint density at radius 3 is 2.29 bits per heavy atom. The molecule has 1 unspecified atom stereocenters. The van der Waals surface area contributed by atoms with Crippen LogP contribution in [0.4, 0.5) is 0 Å². The molecule has 1 N–H and O–H groups in total. The fraction of sp³-hybridized carbons (Fsp3) is 0.333. The Labute approximate surface area is 103 Å². The average Bonchev–Trinajstić information content (AvgIpc) is 2.76. The van der Waals surface area contributed by atoms with Crippen LogP contribution in [0.3, 0.4) is 0 Å². The Balaban J connectivity index is 2.36. The molecule has 0 fully saturated rings. The first kappa shape index (κ1) is 11.9. The van der Waals surface area contributed by atoms with Gasteiger partial charge >= 0.3 is 0 Å². The molecule has 1 aromatic carbocycles. The van der Waals surface area contributed by atoms with Crippen LogP contribution in [-0.2, 0) is 0 Å². The topological polar surface area (TPSA) is 25.2 Å². The lowest BCUT2D eigenvalue weighted by Crippen LogP contribution is -2.10. The molecule has 90 valence electrons. The second-order valence-corrected chi connectivity index (χ2v) is 4.59. The number of aryl methyl sites for hydroxylation is 2. The van der Waals surface area contributed by atoms with E-state index in [1.54, 1.807) is 0 Å². The van der Waals surface area contributed by atoms with Crippen LogP contribution in [-0.4, -0.2) is 7.05 Å². The third-order valence-corrected chi connectivity index (χ3v) is 2.99. The van der Waals surface area contributed by atoms with Gasteiger partial charge in [-0.15, -0.1) is 0 Å². The van der Waals surface area contributed by atoms with Crippen molar-refractivity contribution < 1.29 is 4.42 Å². The first-order chi connectivity index (χ1) is 8.10. The summed E-state index contributed by atoms with van der Waals surface area (Å²) in [6.45, 7) is 6.30. The molecule has 0 amide bonds. The van der Waals surface area contributed by atoms with Crippen molar-refractivity contribution in [3.05, 3.63) is 47.2 Å². The Morgan fingerprint density at radius 2 is 1.71 bits per heavy atom. The second kappa shape index (κ2) is 4.76. The zero-order chi connectivity index (χ0) is 12.4. The monoisotopic (exact) mass is 229 g/mol. The van der Waals surface area contributed by atoms with Crippen LogP contribution in [0.25, 0.3) is 11.3 Å². The van der Waals surface area contributed by atoms with E-state index in [2.05, 4.69) is 44.3 Å². The predicted molar refractivity (Wildman–Crippen MR) is 71.1 cm³/mol. The molecule has 1 aromatic heterocycles. The van der Waals surface area contributed by atoms with Gasteiger partial charge in [0.1, 0.15) is 11.5 Å². The van der Waals surface area contributed by atoms with E-state index in [1.165, 1.54) is 11.1 Å². The minimum absolute atomic E-state index is 0.245. The number of benzene rings is 1. The lowest BCUT2D eigenvalue weighted by atomic mass is 10.1. The van der Waals surface area contributed by atoms with Crippen LogP contribution >= 0.6 is 0 Å². The van der Waals surface area contributed by atoms with Crippen molar-refractivity contribution >= 4 is 0 Å². The van der Waals surface area contributed by atoms with Crippen LogP contribution in [0, 0.1) is 13.8 Å². The van der Waals surface area contributed by atoms with Gasteiger partial charge in [0.05, 0.1) is 6.04 Å². The molecule has 0 aliphatic carbocycles. The summed E-state index contributed by atoms with van der Waals surface area (Å²) in [5.74, 6) is 1.91. The Bertz CT molecular complexity index is 493. The van der Waals surface area contributed by atoms with Gasteiger partial charge in [0.25, 0.3) is 0 Å². The van der Waals surface area contributed by atoms with E-state index in [0.29, 0.717) is 0 Å². The largest absolute Gasteiger partial charge is 0.459 e. The number of hydrogen-bond donors (Lipinski definition) is 1. The molecule has 1 atom stereocenters. The van der Waals surface area contributed by atoms with E-state index in [0.717, 1.165) is 17.1 Å². The normalized spacial score (nSPS) is 12.7. The van der Waals surface area contributed by atoms with Crippen molar-refractivity contribution in [1.82, 2.24) is 5.32 Å².